The molecule has 2 saturated heterocycles. The standard InChI is InChI=1S/C18H36N2O/c1-16(2,3)13-19-9-7-18(8-10-19)15-20(11-12-21-18)14-17(4,5)6/h7-15H2,1-6H3. The van der Waals surface area contributed by atoms with Crippen molar-refractivity contribution in [2.24, 2.45) is 10.8 Å². The van der Waals surface area contributed by atoms with E-state index in [1.165, 1.54) is 39.0 Å². The van der Waals surface area contributed by atoms with E-state index in [2.05, 4.69) is 51.3 Å². The van der Waals surface area contributed by atoms with Crippen molar-refractivity contribution in [2.45, 2.75) is 60.0 Å². The van der Waals surface area contributed by atoms with Gasteiger partial charge in [-0.15, -0.1) is 0 Å². The summed E-state index contributed by atoms with van der Waals surface area (Å²) in [6.45, 7) is 21.9. The summed E-state index contributed by atoms with van der Waals surface area (Å²) in [7, 11) is 0. The molecule has 0 atom stereocenters. The van der Waals surface area contributed by atoms with Gasteiger partial charge in [0, 0.05) is 39.3 Å². The van der Waals surface area contributed by atoms with E-state index in [1.807, 2.05) is 0 Å². The van der Waals surface area contributed by atoms with E-state index in [9.17, 15) is 0 Å². The van der Waals surface area contributed by atoms with Crippen LogP contribution in [-0.4, -0.2) is 61.3 Å². The van der Waals surface area contributed by atoms with Gasteiger partial charge in [-0.25, -0.2) is 0 Å². The number of nitrogens with zero attached hydrogens (tertiary/aromatic N) is 2. The maximum Gasteiger partial charge on any atom is 0.0833 e. The second kappa shape index (κ2) is 6.17. The zero-order valence-electron chi connectivity index (χ0n) is 15.2. The number of rotatable bonds is 2. The minimum atomic E-state index is 0.137. The molecule has 21 heavy (non-hydrogen) atoms. The lowest BCUT2D eigenvalue weighted by molar-refractivity contribution is -0.141. The molecule has 0 unspecified atom stereocenters. The Balaban J connectivity index is 1.87. The summed E-state index contributed by atoms with van der Waals surface area (Å²) in [6.07, 6.45) is 2.40. The topological polar surface area (TPSA) is 15.7 Å². The van der Waals surface area contributed by atoms with E-state index in [-0.39, 0.29) is 5.60 Å². The summed E-state index contributed by atoms with van der Waals surface area (Å²) in [5.41, 5.74) is 0.916. The Kier molecular flexibility index (Phi) is 5.07. The molecule has 3 nitrogen and oxygen atoms in total. The van der Waals surface area contributed by atoms with Crippen LogP contribution in [0.15, 0.2) is 0 Å². The molecule has 2 aliphatic rings. The summed E-state index contributed by atoms with van der Waals surface area (Å²) in [5.74, 6) is 0. The van der Waals surface area contributed by atoms with Crippen LogP contribution in [0.3, 0.4) is 0 Å². The Morgan fingerprint density at radius 2 is 1.33 bits per heavy atom. The maximum atomic E-state index is 6.26. The highest BCUT2D eigenvalue weighted by Crippen LogP contribution is 2.32. The summed E-state index contributed by atoms with van der Waals surface area (Å²) >= 11 is 0. The lowest BCUT2D eigenvalue weighted by Crippen LogP contribution is -2.58. The molecule has 2 rings (SSSR count). The normalized spacial score (nSPS) is 25.4. The predicted molar refractivity (Wildman–Crippen MR) is 89.7 cm³/mol. The summed E-state index contributed by atoms with van der Waals surface area (Å²) in [6, 6.07) is 0. The molecule has 0 aromatic heterocycles. The number of hydrogen-bond donors (Lipinski definition) is 0. The van der Waals surface area contributed by atoms with Gasteiger partial charge in [-0.2, -0.15) is 0 Å². The van der Waals surface area contributed by atoms with Crippen molar-refractivity contribution in [2.75, 3.05) is 45.9 Å². The second-order valence-electron chi connectivity index (χ2n) is 9.64. The molecule has 0 bridgehead atoms. The molecule has 3 heteroatoms. The van der Waals surface area contributed by atoms with Crippen molar-refractivity contribution in [3.63, 3.8) is 0 Å². The molecule has 0 saturated carbocycles. The van der Waals surface area contributed by atoms with Crippen molar-refractivity contribution in [1.82, 2.24) is 9.80 Å². The van der Waals surface area contributed by atoms with Crippen molar-refractivity contribution in [1.29, 1.82) is 0 Å². The molecule has 2 heterocycles. The predicted octanol–water partition coefficient (Wildman–Crippen LogP) is 3.25. The quantitative estimate of drug-likeness (QED) is 0.778. The van der Waals surface area contributed by atoms with Crippen LogP contribution in [0.1, 0.15) is 54.4 Å². The Hall–Kier alpha value is -0.120. The van der Waals surface area contributed by atoms with Gasteiger partial charge in [-0.3, -0.25) is 4.90 Å². The van der Waals surface area contributed by atoms with E-state index in [0.29, 0.717) is 10.8 Å². The molecule has 0 amide bonds. The van der Waals surface area contributed by atoms with Gasteiger partial charge in [0.2, 0.25) is 0 Å². The first kappa shape index (κ1) is 17.2. The fraction of sp³-hybridized carbons (Fsp3) is 1.00. The van der Waals surface area contributed by atoms with Crippen molar-refractivity contribution in [3.8, 4) is 0 Å². The lowest BCUT2D eigenvalue weighted by Gasteiger charge is -2.49. The van der Waals surface area contributed by atoms with Gasteiger partial charge in [-0.1, -0.05) is 41.5 Å². The molecular weight excluding hydrogens is 260 g/mol. The van der Waals surface area contributed by atoms with Crippen LogP contribution in [0.4, 0.5) is 0 Å². The van der Waals surface area contributed by atoms with Gasteiger partial charge in [0.1, 0.15) is 0 Å². The van der Waals surface area contributed by atoms with Gasteiger partial charge < -0.3 is 9.64 Å². The molecule has 2 fully saturated rings. The first-order chi connectivity index (χ1) is 9.57. The molecule has 1 spiro atoms. The van der Waals surface area contributed by atoms with E-state index >= 15 is 0 Å². The number of morpholine rings is 1. The maximum absolute atomic E-state index is 6.26. The monoisotopic (exact) mass is 296 g/mol. The number of ether oxygens (including phenoxy) is 1. The van der Waals surface area contributed by atoms with E-state index in [4.69, 9.17) is 4.74 Å². The van der Waals surface area contributed by atoms with Crippen LogP contribution in [0.25, 0.3) is 0 Å². The minimum Gasteiger partial charge on any atom is -0.372 e. The zero-order valence-corrected chi connectivity index (χ0v) is 15.2. The highest BCUT2D eigenvalue weighted by atomic mass is 16.5. The zero-order chi connectivity index (χ0) is 15.7. The van der Waals surface area contributed by atoms with E-state index in [1.54, 1.807) is 0 Å². The average Bonchev–Trinajstić information content (AvgIpc) is 2.29. The molecule has 124 valence electrons. The molecule has 0 radical (unpaired) electrons. The molecule has 0 N–H and O–H groups in total. The fourth-order valence-corrected chi connectivity index (χ4v) is 3.82. The van der Waals surface area contributed by atoms with E-state index in [0.717, 1.165) is 19.7 Å². The first-order valence-electron chi connectivity index (χ1n) is 8.66. The van der Waals surface area contributed by atoms with Crippen LogP contribution >= 0.6 is 0 Å². The highest BCUT2D eigenvalue weighted by molar-refractivity contribution is 4.94. The highest BCUT2D eigenvalue weighted by Gasteiger charge is 2.40. The third-order valence-electron chi connectivity index (χ3n) is 4.49. The third kappa shape index (κ3) is 5.54. The Bertz CT molecular complexity index is 332. The van der Waals surface area contributed by atoms with Gasteiger partial charge in [0.05, 0.1) is 12.2 Å². The first-order valence-corrected chi connectivity index (χ1v) is 8.66. The largest absolute Gasteiger partial charge is 0.372 e. The second-order valence-corrected chi connectivity index (χ2v) is 9.64. The van der Waals surface area contributed by atoms with Gasteiger partial charge in [-0.05, 0) is 23.7 Å². The van der Waals surface area contributed by atoms with Gasteiger partial charge >= 0.3 is 0 Å². The van der Waals surface area contributed by atoms with Crippen LogP contribution < -0.4 is 0 Å². The Morgan fingerprint density at radius 1 is 0.810 bits per heavy atom. The smallest absolute Gasteiger partial charge is 0.0833 e. The number of hydrogen-bond acceptors (Lipinski definition) is 3. The van der Waals surface area contributed by atoms with Crippen molar-refractivity contribution >= 4 is 0 Å². The van der Waals surface area contributed by atoms with Crippen molar-refractivity contribution < 1.29 is 4.74 Å². The minimum absolute atomic E-state index is 0.137. The van der Waals surface area contributed by atoms with Crippen LogP contribution in [0, 0.1) is 10.8 Å². The number of piperidine rings is 1. The van der Waals surface area contributed by atoms with Crippen LogP contribution in [0.5, 0.6) is 0 Å². The van der Waals surface area contributed by atoms with E-state index < -0.39 is 0 Å². The van der Waals surface area contributed by atoms with Crippen LogP contribution in [0.2, 0.25) is 0 Å². The Labute approximate surface area is 132 Å². The average molecular weight is 296 g/mol. The lowest BCUT2D eigenvalue weighted by atomic mass is 9.86. The van der Waals surface area contributed by atoms with Gasteiger partial charge in [0.25, 0.3) is 0 Å². The summed E-state index contributed by atoms with van der Waals surface area (Å²) in [4.78, 5) is 5.25. The number of likely N-dealkylation sites (tertiary alicyclic amines) is 1. The summed E-state index contributed by atoms with van der Waals surface area (Å²) in [5, 5.41) is 0. The molecule has 0 aromatic rings. The molecule has 0 aromatic carbocycles. The summed E-state index contributed by atoms with van der Waals surface area (Å²) < 4.78 is 6.26. The van der Waals surface area contributed by atoms with Crippen molar-refractivity contribution in [3.05, 3.63) is 0 Å². The fourth-order valence-electron chi connectivity index (χ4n) is 3.82. The Morgan fingerprint density at radius 3 is 1.86 bits per heavy atom. The SMILES string of the molecule is CC(C)(C)CN1CCC2(CC1)CN(CC(C)(C)C)CCO2. The molecule has 2 aliphatic heterocycles. The van der Waals surface area contributed by atoms with Crippen LogP contribution in [-0.2, 0) is 4.74 Å². The molecular formula is C18H36N2O. The van der Waals surface area contributed by atoms with Gasteiger partial charge in [0.15, 0.2) is 0 Å². The molecule has 0 aliphatic carbocycles. The third-order valence-corrected chi connectivity index (χ3v) is 4.49.